The molecule has 0 radical (unpaired) electrons. The van der Waals surface area contributed by atoms with Crippen molar-refractivity contribution in [3.63, 3.8) is 0 Å². The topological polar surface area (TPSA) is 143 Å². The fourth-order valence-corrected chi connectivity index (χ4v) is 2.05. The molecule has 0 atom stereocenters. The van der Waals surface area contributed by atoms with Gasteiger partial charge in [0.2, 0.25) is 5.82 Å². The molecule has 3 aromatic rings. The van der Waals surface area contributed by atoms with E-state index in [9.17, 15) is 14.5 Å². The Kier molecular flexibility index (Phi) is 4.99. The first kappa shape index (κ1) is 17.5. The number of nitrogens with zero attached hydrogens (tertiary/aromatic N) is 5. The second-order valence-electron chi connectivity index (χ2n) is 5.08. The van der Waals surface area contributed by atoms with Gasteiger partial charge in [0.15, 0.2) is 0 Å². The molecule has 27 heavy (non-hydrogen) atoms. The number of hydrogen-bond acceptors (Lipinski definition) is 8. The lowest BCUT2D eigenvalue weighted by molar-refractivity contribution is -0.384. The van der Waals surface area contributed by atoms with E-state index < -0.39 is 10.7 Å². The molecule has 10 nitrogen and oxygen atoms in total. The Bertz CT molecular complexity index is 1030. The molecular weight excluding hydrogens is 357 g/mol. The molecule has 2 aromatic carbocycles. The third-order valence-corrected chi connectivity index (χ3v) is 3.24. The monoisotopic (exact) mass is 367 g/mol. The minimum atomic E-state index is -0.587. The molecule has 134 valence electrons. The molecule has 0 bridgehead atoms. The summed E-state index contributed by atoms with van der Waals surface area (Å²) in [6.07, 6.45) is 1.28. The van der Waals surface area contributed by atoms with Gasteiger partial charge in [-0.3, -0.25) is 10.1 Å². The molecule has 0 aliphatic heterocycles. The Balaban J connectivity index is 1.88. The number of ether oxygens (including phenoxy) is 1. The molecule has 0 unspecified atom stereocenters. The van der Waals surface area contributed by atoms with E-state index in [1.54, 1.807) is 0 Å². The Morgan fingerprint density at radius 3 is 2.70 bits per heavy atom. The molecule has 1 aromatic heterocycles. The van der Waals surface area contributed by atoms with Crippen molar-refractivity contribution in [2.24, 2.45) is 0 Å². The second kappa shape index (κ2) is 7.70. The third kappa shape index (κ3) is 4.40. The normalized spacial score (nSPS) is 10.9. The van der Waals surface area contributed by atoms with Gasteiger partial charge in [0.1, 0.15) is 29.0 Å². The number of nitro benzene ring substituents is 1. The van der Waals surface area contributed by atoms with Gasteiger partial charge in [-0.15, -0.1) is 10.2 Å². The fourth-order valence-electron chi connectivity index (χ4n) is 2.05. The molecule has 0 saturated heterocycles. The Hall–Kier alpha value is -4.33. The van der Waals surface area contributed by atoms with Crippen molar-refractivity contribution in [2.75, 3.05) is 5.32 Å². The fraction of sp³-hybridized carbons (Fsp3) is 0. The minimum Gasteiger partial charge on any atom is -0.457 e. The van der Waals surface area contributed by atoms with Crippen molar-refractivity contribution in [1.29, 1.82) is 5.26 Å². The first-order valence-electron chi connectivity index (χ1n) is 7.38. The second-order valence-corrected chi connectivity index (χ2v) is 5.08. The SMILES string of the molecule is N#CC(=CNc1cc(Oc2ccc(F)cc2)cc([N+](=O)[O-])c1)c1nn[nH]n1. The van der Waals surface area contributed by atoms with Crippen molar-refractivity contribution < 1.29 is 14.1 Å². The molecule has 0 aliphatic rings. The number of halogens is 1. The number of allylic oxidation sites excluding steroid dienone is 1. The van der Waals surface area contributed by atoms with Crippen LogP contribution in [-0.2, 0) is 0 Å². The molecule has 0 spiro atoms. The smallest absolute Gasteiger partial charge is 0.275 e. The zero-order valence-corrected chi connectivity index (χ0v) is 13.5. The summed E-state index contributed by atoms with van der Waals surface area (Å²) in [6.45, 7) is 0. The van der Waals surface area contributed by atoms with Crippen LogP contribution in [0.3, 0.4) is 0 Å². The molecule has 0 saturated carbocycles. The predicted molar refractivity (Wildman–Crippen MR) is 91.0 cm³/mol. The number of H-pyrrole nitrogens is 1. The highest BCUT2D eigenvalue weighted by molar-refractivity contribution is 5.74. The number of nitrogens with one attached hydrogen (secondary N) is 2. The van der Waals surface area contributed by atoms with Crippen LogP contribution in [0.15, 0.2) is 48.7 Å². The Morgan fingerprint density at radius 1 is 1.30 bits per heavy atom. The zero-order valence-electron chi connectivity index (χ0n) is 13.5. The highest BCUT2D eigenvalue weighted by atomic mass is 19.1. The zero-order chi connectivity index (χ0) is 19.2. The summed E-state index contributed by atoms with van der Waals surface area (Å²) in [6, 6.07) is 11.1. The maximum atomic E-state index is 13.0. The quantitative estimate of drug-likeness (QED) is 0.384. The lowest BCUT2D eigenvalue weighted by Gasteiger charge is -2.08. The van der Waals surface area contributed by atoms with E-state index in [1.165, 1.54) is 48.7 Å². The van der Waals surface area contributed by atoms with Gasteiger partial charge in [-0.25, -0.2) is 4.39 Å². The van der Waals surface area contributed by atoms with Crippen molar-refractivity contribution in [3.8, 4) is 17.6 Å². The maximum Gasteiger partial charge on any atom is 0.275 e. The van der Waals surface area contributed by atoms with Crippen molar-refractivity contribution >= 4 is 16.9 Å². The predicted octanol–water partition coefficient (Wildman–Crippen LogP) is 3.02. The average molecular weight is 367 g/mol. The largest absolute Gasteiger partial charge is 0.457 e. The van der Waals surface area contributed by atoms with Gasteiger partial charge in [0.25, 0.3) is 5.69 Å². The summed E-state index contributed by atoms with van der Waals surface area (Å²) in [4.78, 5) is 10.6. The molecule has 1 heterocycles. The highest BCUT2D eigenvalue weighted by Gasteiger charge is 2.12. The molecule has 0 amide bonds. The van der Waals surface area contributed by atoms with Crippen LogP contribution < -0.4 is 10.1 Å². The number of benzene rings is 2. The van der Waals surface area contributed by atoms with Crippen LogP contribution in [0.25, 0.3) is 5.57 Å². The Labute approximate surface area is 151 Å². The molecule has 2 N–H and O–H groups in total. The standard InChI is InChI=1S/C16H10FN7O3/c17-11-1-3-14(4-2-11)27-15-6-12(5-13(7-15)24(25)26)19-9-10(8-18)16-20-22-23-21-16/h1-7,9,19H,(H,20,21,22,23). The summed E-state index contributed by atoms with van der Waals surface area (Å²) < 4.78 is 18.5. The van der Waals surface area contributed by atoms with Gasteiger partial charge in [-0.05, 0) is 29.5 Å². The number of anilines is 1. The van der Waals surface area contributed by atoms with Gasteiger partial charge in [-0.1, -0.05) is 0 Å². The number of tetrazole rings is 1. The van der Waals surface area contributed by atoms with Crippen LogP contribution in [0.2, 0.25) is 0 Å². The first-order chi connectivity index (χ1) is 13.0. The van der Waals surface area contributed by atoms with Crippen LogP contribution >= 0.6 is 0 Å². The summed E-state index contributed by atoms with van der Waals surface area (Å²) in [5.74, 6) is 0.102. The van der Waals surface area contributed by atoms with Crippen LogP contribution in [0.5, 0.6) is 11.5 Å². The number of nitriles is 1. The van der Waals surface area contributed by atoms with E-state index in [4.69, 9.17) is 10.00 Å². The van der Waals surface area contributed by atoms with Gasteiger partial charge < -0.3 is 10.1 Å². The lowest BCUT2D eigenvalue weighted by Crippen LogP contribution is -1.96. The van der Waals surface area contributed by atoms with Crippen LogP contribution in [0, 0.1) is 27.3 Å². The number of aromatic amines is 1. The van der Waals surface area contributed by atoms with Crippen LogP contribution in [0.4, 0.5) is 15.8 Å². The van der Waals surface area contributed by atoms with Crippen LogP contribution in [0.1, 0.15) is 5.82 Å². The van der Waals surface area contributed by atoms with E-state index in [1.807, 2.05) is 6.07 Å². The maximum absolute atomic E-state index is 13.0. The number of rotatable bonds is 6. The minimum absolute atomic E-state index is 0.0660. The van der Waals surface area contributed by atoms with Gasteiger partial charge in [0.05, 0.1) is 11.0 Å². The lowest BCUT2D eigenvalue weighted by atomic mass is 10.2. The number of aromatic nitrogens is 4. The average Bonchev–Trinajstić information content (AvgIpc) is 3.18. The third-order valence-electron chi connectivity index (χ3n) is 3.24. The summed E-state index contributed by atoms with van der Waals surface area (Å²) in [5, 5.41) is 36.0. The Morgan fingerprint density at radius 2 is 2.07 bits per heavy atom. The number of hydrogen-bond donors (Lipinski definition) is 2. The van der Waals surface area contributed by atoms with Crippen molar-refractivity contribution in [2.45, 2.75) is 0 Å². The van der Waals surface area contributed by atoms with Gasteiger partial charge in [0, 0.05) is 24.0 Å². The van der Waals surface area contributed by atoms with Crippen LogP contribution in [-0.4, -0.2) is 25.5 Å². The summed E-state index contributed by atoms with van der Waals surface area (Å²) in [7, 11) is 0. The molecule has 0 fully saturated rings. The van der Waals surface area contributed by atoms with E-state index in [0.717, 1.165) is 0 Å². The van der Waals surface area contributed by atoms with E-state index in [0.29, 0.717) is 5.75 Å². The number of nitro groups is 1. The summed E-state index contributed by atoms with van der Waals surface area (Å²) in [5.41, 5.74) is 0.123. The molecular formula is C16H10FN7O3. The molecule has 3 rings (SSSR count). The van der Waals surface area contributed by atoms with Crippen molar-refractivity contribution in [3.05, 3.63) is 70.4 Å². The number of non-ortho nitro benzene ring substituents is 1. The van der Waals surface area contributed by atoms with E-state index in [2.05, 4.69) is 25.9 Å². The molecule has 0 aliphatic carbocycles. The van der Waals surface area contributed by atoms with E-state index >= 15 is 0 Å². The van der Waals surface area contributed by atoms with E-state index in [-0.39, 0.29) is 28.5 Å². The summed E-state index contributed by atoms with van der Waals surface area (Å²) >= 11 is 0. The van der Waals surface area contributed by atoms with Crippen molar-refractivity contribution in [1.82, 2.24) is 20.6 Å². The highest BCUT2D eigenvalue weighted by Crippen LogP contribution is 2.30. The molecule has 11 heteroatoms. The van der Waals surface area contributed by atoms with Gasteiger partial charge >= 0.3 is 0 Å². The van der Waals surface area contributed by atoms with Gasteiger partial charge in [-0.2, -0.15) is 10.5 Å². The first-order valence-corrected chi connectivity index (χ1v) is 7.38.